The summed E-state index contributed by atoms with van der Waals surface area (Å²) in [4.78, 5) is 5.57. The van der Waals surface area contributed by atoms with Crippen LogP contribution in [-0.2, 0) is 13.1 Å². The summed E-state index contributed by atoms with van der Waals surface area (Å²) < 4.78 is 12.6. The van der Waals surface area contributed by atoms with E-state index in [1.54, 1.807) is 25.6 Å². The van der Waals surface area contributed by atoms with E-state index in [9.17, 15) is 0 Å². The maximum absolute atomic E-state index is 5.30. The van der Waals surface area contributed by atoms with Crippen LogP contribution < -0.4 is 14.8 Å². The van der Waals surface area contributed by atoms with E-state index in [4.69, 9.17) is 9.47 Å². The Bertz CT molecular complexity index is 707. The number of hydrogen-bond acceptors (Lipinski definition) is 5. The van der Waals surface area contributed by atoms with Gasteiger partial charge in [0.2, 0.25) is 0 Å². The molecule has 2 heterocycles. The maximum Gasteiger partial charge on any atom is 0.193 e. The minimum absolute atomic E-state index is 0.739. The Hall–Kier alpha value is -2.05. The third kappa shape index (κ3) is 3.01. The summed E-state index contributed by atoms with van der Waals surface area (Å²) in [6.45, 7) is 1.49. The third-order valence-corrected chi connectivity index (χ3v) is 4.00. The second-order valence-corrected chi connectivity index (χ2v) is 5.49. The summed E-state index contributed by atoms with van der Waals surface area (Å²) in [6, 6.07) is 5.93. The Morgan fingerprint density at radius 1 is 1.19 bits per heavy atom. The molecule has 0 radical (unpaired) electrons. The second kappa shape index (κ2) is 6.15. The zero-order valence-corrected chi connectivity index (χ0v) is 12.8. The summed E-state index contributed by atoms with van der Waals surface area (Å²) in [5, 5.41) is 5.42. The zero-order chi connectivity index (χ0) is 14.7. The average molecular weight is 303 g/mol. The number of fused-ring (bicyclic) bond motifs is 1. The SMILES string of the molecule is COc1ccc(CNCc2cn3ccsc3n2)cc1OC. The van der Waals surface area contributed by atoms with Gasteiger partial charge < -0.3 is 14.8 Å². The highest BCUT2D eigenvalue weighted by Crippen LogP contribution is 2.27. The maximum atomic E-state index is 5.30. The van der Waals surface area contributed by atoms with Crippen molar-refractivity contribution in [3.05, 3.63) is 47.2 Å². The van der Waals surface area contributed by atoms with Crippen molar-refractivity contribution in [2.24, 2.45) is 0 Å². The molecule has 0 unspecified atom stereocenters. The summed E-state index contributed by atoms with van der Waals surface area (Å²) in [5.41, 5.74) is 2.19. The number of aromatic nitrogens is 2. The number of hydrogen-bond donors (Lipinski definition) is 1. The van der Waals surface area contributed by atoms with Crippen molar-refractivity contribution in [3.8, 4) is 11.5 Å². The molecule has 5 nitrogen and oxygen atoms in total. The van der Waals surface area contributed by atoms with E-state index >= 15 is 0 Å². The van der Waals surface area contributed by atoms with Gasteiger partial charge in [0, 0.05) is 30.9 Å². The lowest BCUT2D eigenvalue weighted by Gasteiger charge is -2.09. The molecule has 110 valence electrons. The number of benzene rings is 1. The van der Waals surface area contributed by atoms with Gasteiger partial charge in [-0.1, -0.05) is 6.07 Å². The van der Waals surface area contributed by atoms with E-state index in [1.807, 2.05) is 40.4 Å². The largest absolute Gasteiger partial charge is 0.493 e. The van der Waals surface area contributed by atoms with Crippen LogP contribution in [-0.4, -0.2) is 23.6 Å². The number of nitrogens with zero attached hydrogens (tertiary/aromatic N) is 2. The molecule has 6 heteroatoms. The molecule has 2 aromatic heterocycles. The molecule has 0 spiro atoms. The van der Waals surface area contributed by atoms with Gasteiger partial charge in [0.25, 0.3) is 0 Å². The van der Waals surface area contributed by atoms with E-state index in [1.165, 1.54) is 0 Å². The van der Waals surface area contributed by atoms with E-state index in [2.05, 4.69) is 10.3 Å². The van der Waals surface area contributed by atoms with Crippen molar-refractivity contribution in [3.63, 3.8) is 0 Å². The van der Waals surface area contributed by atoms with Gasteiger partial charge in [-0.2, -0.15) is 0 Å². The molecule has 3 rings (SSSR count). The van der Waals surface area contributed by atoms with E-state index < -0.39 is 0 Å². The molecule has 1 aromatic carbocycles. The third-order valence-electron chi connectivity index (χ3n) is 3.23. The van der Waals surface area contributed by atoms with Crippen LogP contribution in [0.15, 0.2) is 36.0 Å². The van der Waals surface area contributed by atoms with Crippen molar-refractivity contribution >= 4 is 16.3 Å². The smallest absolute Gasteiger partial charge is 0.193 e. The Balaban J connectivity index is 1.61. The fourth-order valence-electron chi connectivity index (χ4n) is 2.19. The summed E-state index contributed by atoms with van der Waals surface area (Å²) >= 11 is 1.64. The predicted molar refractivity (Wildman–Crippen MR) is 83.2 cm³/mol. The molecule has 0 saturated carbocycles. The highest BCUT2D eigenvalue weighted by Gasteiger charge is 2.05. The molecule has 0 aliphatic heterocycles. The van der Waals surface area contributed by atoms with Gasteiger partial charge in [0.15, 0.2) is 16.5 Å². The Morgan fingerprint density at radius 2 is 2.05 bits per heavy atom. The van der Waals surface area contributed by atoms with Crippen LogP contribution in [0.3, 0.4) is 0 Å². The van der Waals surface area contributed by atoms with Crippen LogP contribution in [0.2, 0.25) is 0 Å². The summed E-state index contributed by atoms with van der Waals surface area (Å²) in [6.07, 6.45) is 4.07. The lowest BCUT2D eigenvalue weighted by Crippen LogP contribution is -2.13. The summed E-state index contributed by atoms with van der Waals surface area (Å²) in [7, 11) is 3.28. The second-order valence-electron chi connectivity index (χ2n) is 4.62. The van der Waals surface area contributed by atoms with Crippen LogP contribution in [0, 0.1) is 0 Å². The number of methoxy groups -OCH3 is 2. The highest BCUT2D eigenvalue weighted by molar-refractivity contribution is 7.15. The fraction of sp³-hybridized carbons (Fsp3) is 0.267. The Kier molecular flexibility index (Phi) is 4.08. The standard InChI is InChI=1S/C15H17N3O2S/c1-19-13-4-3-11(7-14(13)20-2)8-16-9-12-10-18-5-6-21-15(18)17-12/h3-7,10,16H,8-9H2,1-2H3. The molecule has 0 amide bonds. The molecule has 0 saturated heterocycles. The van der Waals surface area contributed by atoms with Crippen molar-refractivity contribution in [1.82, 2.24) is 14.7 Å². The van der Waals surface area contributed by atoms with Crippen molar-refractivity contribution < 1.29 is 9.47 Å². The van der Waals surface area contributed by atoms with Gasteiger partial charge in [-0.15, -0.1) is 11.3 Å². The molecule has 21 heavy (non-hydrogen) atoms. The molecule has 0 bridgehead atoms. The van der Waals surface area contributed by atoms with Crippen LogP contribution >= 0.6 is 11.3 Å². The first-order chi connectivity index (χ1) is 10.3. The lowest BCUT2D eigenvalue weighted by molar-refractivity contribution is 0.354. The number of thiazole rings is 1. The molecule has 1 N–H and O–H groups in total. The van der Waals surface area contributed by atoms with Crippen molar-refractivity contribution in [1.29, 1.82) is 0 Å². The first kappa shape index (κ1) is 13.9. The van der Waals surface area contributed by atoms with Crippen molar-refractivity contribution in [2.75, 3.05) is 14.2 Å². The molecule has 0 atom stereocenters. The highest BCUT2D eigenvalue weighted by atomic mass is 32.1. The van der Waals surface area contributed by atoms with Gasteiger partial charge in [0.1, 0.15) is 0 Å². The minimum atomic E-state index is 0.739. The molecule has 0 fully saturated rings. The minimum Gasteiger partial charge on any atom is -0.493 e. The van der Waals surface area contributed by atoms with Crippen LogP contribution in [0.5, 0.6) is 11.5 Å². The zero-order valence-electron chi connectivity index (χ0n) is 12.0. The van der Waals surface area contributed by atoms with Gasteiger partial charge in [0.05, 0.1) is 19.9 Å². The van der Waals surface area contributed by atoms with E-state index in [-0.39, 0.29) is 0 Å². The quantitative estimate of drug-likeness (QED) is 0.760. The van der Waals surface area contributed by atoms with E-state index in [0.717, 1.165) is 40.8 Å². The molecule has 0 aliphatic carbocycles. The number of rotatable bonds is 6. The fourth-order valence-corrected chi connectivity index (χ4v) is 2.91. The topological polar surface area (TPSA) is 47.8 Å². The van der Waals surface area contributed by atoms with Crippen molar-refractivity contribution in [2.45, 2.75) is 13.1 Å². The van der Waals surface area contributed by atoms with Gasteiger partial charge in [-0.3, -0.25) is 4.40 Å². The predicted octanol–water partition coefficient (Wildman–Crippen LogP) is 2.70. The number of nitrogens with one attached hydrogen (secondary N) is 1. The molecule has 3 aromatic rings. The first-order valence-electron chi connectivity index (χ1n) is 6.63. The average Bonchev–Trinajstić information content (AvgIpc) is 3.08. The van der Waals surface area contributed by atoms with E-state index in [0.29, 0.717) is 0 Å². The summed E-state index contributed by atoms with van der Waals surface area (Å²) in [5.74, 6) is 1.50. The van der Waals surface area contributed by atoms with Gasteiger partial charge in [-0.05, 0) is 17.7 Å². The van der Waals surface area contributed by atoms with Crippen LogP contribution in [0.1, 0.15) is 11.3 Å². The normalized spacial score (nSPS) is 11.0. The molecular formula is C15H17N3O2S. The van der Waals surface area contributed by atoms with Gasteiger partial charge in [-0.25, -0.2) is 4.98 Å². The monoisotopic (exact) mass is 303 g/mol. The molecular weight excluding hydrogens is 286 g/mol. The van der Waals surface area contributed by atoms with Crippen LogP contribution in [0.25, 0.3) is 4.96 Å². The Morgan fingerprint density at radius 3 is 2.81 bits per heavy atom. The van der Waals surface area contributed by atoms with Crippen LogP contribution in [0.4, 0.5) is 0 Å². The molecule has 0 aliphatic rings. The number of imidazole rings is 1. The Labute approximate surface area is 127 Å². The lowest BCUT2D eigenvalue weighted by atomic mass is 10.2. The first-order valence-corrected chi connectivity index (χ1v) is 7.51. The number of ether oxygens (including phenoxy) is 2. The van der Waals surface area contributed by atoms with Gasteiger partial charge >= 0.3 is 0 Å².